The van der Waals surface area contributed by atoms with Crippen molar-refractivity contribution in [1.82, 2.24) is 9.80 Å². The summed E-state index contributed by atoms with van der Waals surface area (Å²) in [5.41, 5.74) is 6.08. The van der Waals surface area contributed by atoms with Crippen LogP contribution in [0.1, 0.15) is 38.5 Å². The predicted octanol–water partition coefficient (Wildman–Crippen LogP) is 1.04. The SMILES string of the molecule is N[C@@H]1CCC[C@H](N2CCN(C3CC3)CC2)C1. The van der Waals surface area contributed by atoms with E-state index in [1.165, 1.54) is 64.7 Å². The number of piperazine rings is 1. The highest BCUT2D eigenvalue weighted by Gasteiger charge is 2.33. The molecule has 0 aromatic rings. The first-order chi connectivity index (χ1) is 7.83. The van der Waals surface area contributed by atoms with Gasteiger partial charge in [-0.25, -0.2) is 0 Å². The molecule has 0 aromatic carbocycles. The standard InChI is InChI=1S/C13H25N3/c14-11-2-1-3-13(10-11)16-8-6-15(7-9-16)12-4-5-12/h11-13H,1-10,14H2/t11-,13+/m1/s1. The molecule has 0 aromatic heterocycles. The lowest BCUT2D eigenvalue weighted by Crippen LogP contribution is -2.52. The Labute approximate surface area is 99.0 Å². The van der Waals surface area contributed by atoms with Gasteiger partial charge in [0, 0.05) is 44.3 Å². The van der Waals surface area contributed by atoms with Gasteiger partial charge in [-0.1, -0.05) is 6.42 Å². The largest absolute Gasteiger partial charge is 0.328 e. The normalized spacial score (nSPS) is 38.8. The Hall–Kier alpha value is -0.120. The van der Waals surface area contributed by atoms with Crippen molar-refractivity contribution in [3.63, 3.8) is 0 Å². The molecule has 3 nitrogen and oxygen atoms in total. The van der Waals surface area contributed by atoms with Crippen molar-refractivity contribution < 1.29 is 0 Å². The number of nitrogens with two attached hydrogens (primary N) is 1. The van der Waals surface area contributed by atoms with Gasteiger partial charge in [-0.3, -0.25) is 9.80 Å². The average molecular weight is 223 g/mol. The van der Waals surface area contributed by atoms with Crippen LogP contribution in [0.5, 0.6) is 0 Å². The molecule has 0 spiro atoms. The van der Waals surface area contributed by atoms with Crippen molar-refractivity contribution in [2.45, 2.75) is 56.7 Å². The van der Waals surface area contributed by atoms with Crippen LogP contribution in [0.4, 0.5) is 0 Å². The highest BCUT2D eigenvalue weighted by Crippen LogP contribution is 2.29. The summed E-state index contributed by atoms with van der Waals surface area (Å²) in [7, 11) is 0. The molecular formula is C13H25N3. The zero-order valence-electron chi connectivity index (χ0n) is 10.3. The van der Waals surface area contributed by atoms with E-state index >= 15 is 0 Å². The fourth-order valence-electron chi connectivity index (χ4n) is 3.44. The zero-order chi connectivity index (χ0) is 11.0. The smallest absolute Gasteiger partial charge is 0.0113 e. The number of hydrogen-bond donors (Lipinski definition) is 1. The first kappa shape index (κ1) is 11.0. The summed E-state index contributed by atoms with van der Waals surface area (Å²) in [5, 5.41) is 0. The van der Waals surface area contributed by atoms with Gasteiger partial charge >= 0.3 is 0 Å². The van der Waals surface area contributed by atoms with Crippen LogP contribution in [0.25, 0.3) is 0 Å². The predicted molar refractivity (Wildman–Crippen MR) is 66.4 cm³/mol. The minimum atomic E-state index is 0.472. The second-order valence-electron chi connectivity index (χ2n) is 5.88. The van der Waals surface area contributed by atoms with Crippen LogP contribution in [-0.2, 0) is 0 Å². The van der Waals surface area contributed by atoms with E-state index in [0.29, 0.717) is 6.04 Å². The molecule has 2 saturated carbocycles. The summed E-state index contributed by atoms with van der Waals surface area (Å²) in [4.78, 5) is 5.40. The summed E-state index contributed by atoms with van der Waals surface area (Å²) < 4.78 is 0. The van der Waals surface area contributed by atoms with E-state index in [4.69, 9.17) is 5.73 Å². The molecule has 0 amide bonds. The van der Waals surface area contributed by atoms with E-state index in [1.807, 2.05) is 0 Å². The molecule has 3 rings (SSSR count). The van der Waals surface area contributed by atoms with E-state index < -0.39 is 0 Å². The highest BCUT2D eigenvalue weighted by atomic mass is 15.3. The minimum Gasteiger partial charge on any atom is -0.328 e. The number of hydrogen-bond acceptors (Lipinski definition) is 3. The van der Waals surface area contributed by atoms with Crippen LogP contribution in [0.3, 0.4) is 0 Å². The van der Waals surface area contributed by atoms with E-state index in [0.717, 1.165) is 12.1 Å². The van der Waals surface area contributed by atoms with Gasteiger partial charge in [0.1, 0.15) is 0 Å². The Morgan fingerprint density at radius 2 is 1.38 bits per heavy atom. The minimum absolute atomic E-state index is 0.472. The van der Waals surface area contributed by atoms with Gasteiger partial charge in [-0.2, -0.15) is 0 Å². The molecule has 16 heavy (non-hydrogen) atoms. The molecule has 3 fully saturated rings. The van der Waals surface area contributed by atoms with Crippen molar-refractivity contribution >= 4 is 0 Å². The molecule has 2 N–H and O–H groups in total. The van der Waals surface area contributed by atoms with Gasteiger partial charge in [0.15, 0.2) is 0 Å². The summed E-state index contributed by atoms with van der Waals surface area (Å²) in [5.74, 6) is 0. The van der Waals surface area contributed by atoms with E-state index in [-0.39, 0.29) is 0 Å². The molecule has 1 heterocycles. The van der Waals surface area contributed by atoms with Crippen molar-refractivity contribution in [2.75, 3.05) is 26.2 Å². The third-order valence-corrected chi connectivity index (χ3v) is 4.62. The Bertz CT molecular complexity index is 231. The summed E-state index contributed by atoms with van der Waals surface area (Å²) in [6.45, 7) is 5.18. The number of rotatable bonds is 2. The Balaban J connectivity index is 1.48. The van der Waals surface area contributed by atoms with Crippen molar-refractivity contribution in [3.8, 4) is 0 Å². The Morgan fingerprint density at radius 1 is 0.750 bits per heavy atom. The molecular weight excluding hydrogens is 198 g/mol. The molecule has 0 unspecified atom stereocenters. The monoisotopic (exact) mass is 223 g/mol. The average Bonchev–Trinajstić information content (AvgIpc) is 3.13. The van der Waals surface area contributed by atoms with Gasteiger partial charge in [-0.15, -0.1) is 0 Å². The Kier molecular flexibility index (Phi) is 3.18. The quantitative estimate of drug-likeness (QED) is 0.759. The second-order valence-corrected chi connectivity index (χ2v) is 5.88. The summed E-state index contributed by atoms with van der Waals surface area (Å²) in [6.07, 6.45) is 8.12. The lowest BCUT2D eigenvalue weighted by atomic mass is 9.90. The third-order valence-electron chi connectivity index (χ3n) is 4.62. The molecule has 3 aliphatic rings. The maximum absolute atomic E-state index is 6.08. The van der Waals surface area contributed by atoms with E-state index in [1.54, 1.807) is 0 Å². The van der Waals surface area contributed by atoms with Gasteiger partial charge in [0.2, 0.25) is 0 Å². The van der Waals surface area contributed by atoms with Crippen LogP contribution in [0.15, 0.2) is 0 Å². The first-order valence-corrected chi connectivity index (χ1v) is 7.06. The van der Waals surface area contributed by atoms with Gasteiger partial charge in [0.05, 0.1) is 0 Å². The van der Waals surface area contributed by atoms with Gasteiger partial charge < -0.3 is 5.73 Å². The Morgan fingerprint density at radius 3 is 1.94 bits per heavy atom. The van der Waals surface area contributed by atoms with Crippen molar-refractivity contribution in [2.24, 2.45) is 5.73 Å². The molecule has 1 aliphatic heterocycles. The van der Waals surface area contributed by atoms with Crippen LogP contribution >= 0.6 is 0 Å². The first-order valence-electron chi connectivity index (χ1n) is 7.06. The molecule has 1 saturated heterocycles. The summed E-state index contributed by atoms with van der Waals surface area (Å²) in [6, 6.07) is 2.22. The van der Waals surface area contributed by atoms with E-state index in [2.05, 4.69) is 9.80 Å². The topological polar surface area (TPSA) is 32.5 Å². The maximum atomic E-state index is 6.08. The lowest BCUT2D eigenvalue weighted by Gasteiger charge is -2.42. The van der Waals surface area contributed by atoms with Gasteiger partial charge in [0.25, 0.3) is 0 Å². The summed E-state index contributed by atoms with van der Waals surface area (Å²) >= 11 is 0. The number of nitrogens with zero attached hydrogens (tertiary/aromatic N) is 2. The van der Waals surface area contributed by atoms with Crippen LogP contribution in [0, 0.1) is 0 Å². The fourth-order valence-corrected chi connectivity index (χ4v) is 3.44. The second kappa shape index (κ2) is 4.63. The zero-order valence-corrected chi connectivity index (χ0v) is 10.3. The molecule has 0 bridgehead atoms. The molecule has 0 radical (unpaired) electrons. The van der Waals surface area contributed by atoms with Crippen LogP contribution in [-0.4, -0.2) is 54.1 Å². The molecule has 2 aliphatic carbocycles. The fraction of sp³-hybridized carbons (Fsp3) is 1.00. The van der Waals surface area contributed by atoms with E-state index in [9.17, 15) is 0 Å². The van der Waals surface area contributed by atoms with Crippen LogP contribution in [0.2, 0.25) is 0 Å². The van der Waals surface area contributed by atoms with Crippen molar-refractivity contribution in [3.05, 3.63) is 0 Å². The van der Waals surface area contributed by atoms with Crippen LogP contribution < -0.4 is 5.73 Å². The molecule has 2 atom stereocenters. The third kappa shape index (κ3) is 2.41. The maximum Gasteiger partial charge on any atom is 0.0113 e. The molecule has 92 valence electrons. The lowest BCUT2D eigenvalue weighted by molar-refractivity contribution is 0.0716. The highest BCUT2D eigenvalue weighted by molar-refractivity contribution is 4.90. The molecule has 3 heteroatoms. The van der Waals surface area contributed by atoms with Crippen molar-refractivity contribution in [1.29, 1.82) is 0 Å². The van der Waals surface area contributed by atoms with Gasteiger partial charge in [-0.05, 0) is 32.1 Å².